The summed E-state index contributed by atoms with van der Waals surface area (Å²) in [5.74, 6) is -0.0802. The first-order valence-electron chi connectivity index (χ1n) is 3.80. The molecule has 66 valence electrons. The Kier molecular flexibility index (Phi) is 2.84. The van der Waals surface area contributed by atoms with Gasteiger partial charge in [0.15, 0.2) is 0 Å². The van der Waals surface area contributed by atoms with Crippen LogP contribution in [0.25, 0.3) is 0 Å². The summed E-state index contributed by atoms with van der Waals surface area (Å²) in [6.07, 6.45) is -2.09. The lowest BCUT2D eigenvalue weighted by Gasteiger charge is -2.32. The topological polar surface area (TPSA) is 80.9 Å². The minimum absolute atomic E-state index is 0.0408. The maximum absolute atomic E-state index is 9.13. The van der Waals surface area contributed by atoms with Crippen LogP contribution in [0.2, 0.25) is 0 Å². The molecule has 11 heavy (non-hydrogen) atoms. The van der Waals surface area contributed by atoms with Gasteiger partial charge in [0.1, 0.15) is 6.10 Å². The van der Waals surface area contributed by atoms with E-state index in [0.29, 0.717) is 12.8 Å². The summed E-state index contributed by atoms with van der Waals surface area (Å²) < 4.78 is 0. The van der Waals surface area contributed by atoms with Crippen LogP contribution in [0.5, 0.6) is 0 Å². The Labute approximate surface area is 65.1 Å². The minimum Gasteiger partial charge on any atom is -0.396 e. The van der Waals surface area contributed by atoms with Gasteiger partial charge in [-0.15, -0.1) is 0 Å². The van der Waals surface area contributed by atoms with Crippen LogP contribution in [0.3, 0.4) is 0 Å². The van der Waals surface area contributed by atoms with Crippen LogP contribution >= 0.6 is 0 Å². The predicted molar refractivity (Wildman–Crippen MR) is 37.8 cm³/mol. The molecule has 1 saturated carbocycles. The van der Waals surface area contributed by atoms with Gasteiger partial charge >= 0.3 is 0 Å². The van der Waals surface area contributed by atoms with Crippen molar-refractivity contribution in [1.82, 2.24) is 0 Å². The van der Waals surface area contributed by atoms with E-state index in [2.05, 4.69) is 0 Å². The quantitative estimate of drug-likeness (QED) is 0.377. The largest absolute Gasteiger partial charge is 0.396 e. The second-order valence-corrected chi connectivity index (χ2v) is 3.15. The van der Waals surface area contributed by atoms with Gasteiger partial charge in [0.25, 0.3) is 0 Å². The van der Waals surface area contributed by atoms with Crippen molar-refractivity contribution in [2.45, 2.75) is 31.2 Å². The SMILES string of the molecule is OCC1C[C@@H](O)C(O)[C@H](O)C1. The zero-order chi connectivity index (χ0) is 8.43. The molecule has 0 aromatic heterocycles. The predicted octanol–water partition coefficient (Wildman–Crippen LogP) is -1.53. The van der Waals surface area contributed by atoms with E-state index in [0.717, 1.165) is 0 Å². The lowest BCUT2D eigenvalue weighted by molar-refractivity contribution is -0.105. The van der Waals surface area contributed by atoms with Gasteiger partial charge in [-0.05, 0) is 18.8 Å². The molecule has 0 bridgehead atoms. The molecule has 0 aromatic carbocycles. The first kappa shape index (κ1) is 8.93. The molecular weight excluding hydrogens is 148 g/mol. The fraction of sp³-hybridized carbons (Fsp3) is 1.00. The van der Waals surface area contributed by atoms with Gasteiger partial charge in [-0.1, -0.05) is 0 Å². The van der Waals surface area contributed by atoms with E-state index in [-0.39, 0.29) is 12.5 Å². The second kappa shape index (κ2) is 3.49. The Morgan fingerprint density at radius 1 is 1.00 bits per heavy atom. The van der Waals surface area contributed by atoms with E-state index >= 15 is 0 Å². The Balaban J connectivity index is 2.47. The highest BCUT2D eigenvalue weighted by Gasteiger charge is 2.33. The average Bonchev–Trinajstić information content (AvgIpc) is 1.99. The summed E-state index contributed by atoms with van der Waals surface area (Å²) in [7, 11) is 0. The summed E-state index contributed by atoms with van der Waals surface area (Å²) in [4.78, 5) is 0. The van der Waals surface area contributed by atoms with Crippen LogP contribution in [0.4, 0.5) is 0 Å². The lowest BCUT2D eigenvalue weighted by atomic mass is 9.84. The normalized spacial score (nSPS) is 45.8. The van der Waals surface area contributed by atoms with E-state index in [1.807, 2.05) is 0 Å². The van der Waals surface area contributed by atoms with Gasteiger partial charge in [0.05, 0.1) is 12.2 Å². The van der Waals surface area contributed by atoms with Gasteiger partial charge in [-0.3, -0.25) is 0 Å². The molecule has 2 atom stereocenters. The van der Waals surface area contributed by atoms with E-state index < -0.39 is 18.3 Å². The first-order valence-corrected chi connectivity index (χ1v) is 3.80. The number of rotatable bonds is 1. The summed E-state index contributed by atoms with van der Waals surface area (Å²) in [5.41, 5.74) is 0. The van der Waals surface area contributed by atoms with Crippen molar-refractivity contribution in [3.05, 3.63) is 0 Å². The Bertz CT molecular complexity index is 116. The molecule has 1 aliphatic carbocycles. The Hall–Kier alpha value is -0.160. The molecule has 4 nitrogen and oxygen atoms in total. The van der Waals surface area contributed by atoms with Crippen molar-refractivity contribution in [1.29, 1.82) is 0 Å². The van der Waals surface area contributed by atoms with Gasteiger partial charge in [-0.2, -0.15) is 0 Å². The third-order valence-corrected chi connectivity index (χ3v) is 2.20. The van der Waals surface area contributed by atoms with Crippen molar-refractivity contribution in [2.75, 3.05) is 6.61 Å². The number of hydrogen-bond donors (Lipinski definition) is 4. The molecule has 4 heteroatoms. The molecule has 0 aromatic rings. The van der Waals surface area contributed by atoms with Crippen molar-refractivity contribution >= 4 is 0 Å². The van der Waals surface area contributed by atoms with E-state index in [4.69, 9.17) is 20.4 Å². The van der Waals surface area contributed by atoms with Crippen LogP contribution in [-0.4, -0.2) is 45.3 Å². The minimum atomic E-state index is -1.04. The van der Waals surface area contributed by atoms with E-state index in [1.165, 1.54) is 0 Å². The summed E-state index contributed by atoms with van der Waals surface area (Å²) in [5, 5.41) is 36.0. The molecule has 1 rings (SSSR count). The van der Waals surface area contributed by atoms with Crippen molar-refractivity contribution < 1.29 is 20.4 Å². The van der Waals surface area contributed by atoms with Gasteiger partial charge in [0.2, 0.25) is 0 Å². The standard InChI is InChI=1S/C7H14O4/c8-3-4-1-5(9)7(11)6(10)2-4/h4-11H,1-3H2/t4?,5-,6-,7?/m1/s1. The second-order valence-electron chi connectivity index (χ2n) is 3.15. The van der Waals surface area contributed by atoms with Crippen molar-refractivity contribution in [3.8, 4) is 0 Å². The molecule has 0 amide bonds. The fourth-order valence-electron chi connectivity index (χ4n) is 1.46. The molecule has 1 aliphatic rings. The van der Waals surface area contributed by atoms with E-state index in [9.17, 15) is 0 Å². The number of hydrogen-bond acceptors (Lipinski definition) is 4. The molecule has 0 saturated heterocycles. The highest BCUT2D eigenvalue weighted by molar-refractivity contribution is 4.85. The van der Waals surface area contributed by atoms with Crippen LogP contribution in [0.1, 0.15) is 12.8 Å². The monoisotopic (exact) mass is 162 g/mol. The summed E-state index contributed by atoms with van der Waals surface area (Å²) >= 11 is 0. The third kappa shape index (κ3) is 1.90. The zero-order valence-electron chi connectivity index (χ0n) is 6.22. The molecule has 0 spiro atoms. The van der Waals surface area contributed by atoms with Crippen molar-refractivity contribution in [2.24, 2.45) is 5.92 Å². The maximum atomic E-state index is 9.13. The molecule has 4 N–H and O–H groups in total. The highest BCUT2D eigenvalue weighted by Crippen LogP contribution is 2.24. The lowest BCUT2D eigenvalue weighted by Crippen LogP contribution is -2.45. The van der Waals surface area contributed by atoms with E-state index in [1.54, 1.807) is 0 Å². The van der Waals surface area contributed by atoms with Crippen LogP contribution in [0.15, 0.2) is 0 Å². The highest BCUT2D eigenvalue weighted by atomic mass is 16.4. The number of aliphatic hydroxyl groups is 4. The van der Waals surface area contributed by atoms with Crippen LogP contribution in [0, 0.1) is 5.92 Å². The molecular formula is C7H14O4. The van der Waals surface area contributed by atoms with Gasteiger partial charge in [0, 0.05) is 6.61 Å². The molecule has 0 radical (unpaired) electrons. The number of aliphatic hydroxyl groups excluding tert-OH is 4. The average molecular weight is 162 g/mol. The Morgan fingerprint density at radius 3 is 1.82 bits per heavy atom. The molecule has 0 heterocycles. The van der Waals surface area contributed by atoms with Crippen LogP contribution in [-0.2, 0) is 0 Å². The van der Waals surface area contributed by atoms with Gasteiger partial charge in [-0.25, -0.2) is 0 Å². The van der Waals surface area contributed by atoms with Crippen molar-refractivity contribution in [3.63, 3.8) is 0 Å². The molecule has 0 unspecified atom stereocenters. The fourth-order valence-corrected chi connectivity index (χ4v) is 1.46. The smallest absolute Gasteiger partial charge is 0.106 e. The zero-order valence-corrected chi connectivity index (χ0v) is 6.22. The molecule has 0 aliphatic heterocycles. The maximum Gasteiger partial charge on any atom is 0.106 e. The third-order valence-electron chi connectivity index (χ3n) is 2.20. The van der Waals surface area contributed by atoms with Gasteiger partial charge < -0.3 is 20.4 Å². The summed E-state index contributed by atoms with van der Waals surface area (Å²) in [6.45, 7) is -0.0408. The van der Waals surface area contributed by atoms with Crippen LogP contribution < -0.4 is 0 Å². The first-order chi connectivity index (χ1) is 5.15. The Morgan fingerprint density at radius 2 is 1.45 bits per heavy atom. The summed E-state index contributed by atoms with van der Waals surface area (Å²) in [6, 6.07) is 0. The molecule has 1 fully saturated rings.